The number of carboxylic acid groups (broad SMARTS) is 1. The lowest BCUT2D eigenvalue weighted by atomic mass is 10.1. The van der Waals surface area contributed by atoms with Crippen LogP contribution in [0, 0.1) is 6.92 Å². The molecule has 0 aliphatic carbocycles. The van der Waals surface area contributed by atoms with E-state index in [1.54, 1.807) is 12.1 Å². The van der Waals surface area contributed by atoms with Gasteiger partial charge in [0.25, 0.3) is 0 Å². The first-order chi connectivity index (χ1) is 12.0. The molecule has 1 unspecified atom stereocenters. The largest absolute Gasteiger partial charge is 0.491 e. The minimum absolute atomic E-state index is 0.230. The average Bonchev–Trinajstić information content (AvgIpc) is 2.95. The first-order valence-electron chi connectivity index (χ1n) is 8.41. The molecule has 1 aliphatic rings. The fourth-order valence-electron chi connectivity index (χ4n) is 3.22. The predicted molar refractivity (Wildman–Crippen MR) is 94.9 cm³/mol. The molecule has 1 saturated heterocycles. The first-order valence-corrected chi connectivity index (χ1v) is 8.41. The molecule has 0 aromatic heterocycles. The van der Waals surface area contributed by atoms with Crippen LogP contribution in [0.1, 0.15) is 27.9 Å². The van der Waals surface area contributed by atoms with Crippen molar-refractivity contribution in [3.05, 3.63) is 65.2 Å². The number of ether oxygens (including phenoxy) is 1. The molecule has 0 bridgehead atoms. The summed E-state index contributed by atoms with van der Waals surface area (Å²) in [6.07, 6.45) is 0.605. The summed E-state index contributed by atoms with van der Waals surface area (Å²) in [5.41, 5.74) is 1.28. The Labute approximate surface area is 147 Å². The highest BCUT2D eigenvalue weighted by atomic mass is 16.5. The van der Waals surface area contributed by atoms with Gasteiger partial charge in [-0.1, -0.05) is 30.3 Å². The van der Waals surface area contributed by atoms with Gasteiger partial charge < -0.3 is 14.9 Å². The minimum atomic E-state index is -0.923. The van der Waals surface area contributed by atoms with Crippen molar-refractivity contribution in [1.29, 1.82) is 0 Å². The van der Waals surface area contributed by atoms with Crippen molar-refractivity contribution in [3.8, 4) is 5.75 Å². The number of aromatic carboxylic acids is 1. The molecular weight excluding hydrogens is 318 g/mol. The molecule has 0 saturated carbocycles. The molecule has 3 rings (SSSR count). The Balaban J connectivity index is 1.60. The summed E-state index contributed by atoms with van der Waals surface area (Å²) in [4.78, 5) is 13.4. The van der Waals surface area contributed by atoms with Gasteiger partial charge in [-0.2, -0.15) is 0 Å². The minimum Gasteiger partial charge on any atom is -0.491 e. The first kappa shape index (κ1) is 17.5. The van der Waals surface area contributed by atoms with Crippen LogP contribution in [-0.4, -0.2) is 46.4 Å². The van der Waals surface area contributed by atoms with Gasteiger partial charge in [-0.15, -0.1) is 0 Å². The van der Waals surface area contributed by atoms with Crippen LogP contribution >= 0.6 is 0 Å². The van der Waals surface area contributed by atoms with E-state index in [1.807, 2.05) is 43.3 Å². The Hall–Kier alpha value is -2.37. The number of hydrogen-bond acceptors (Lipinski definition) is 4. The molecule has 1 aliphatic heterocycles. The molecule has 1 heterocycles. The maximum Gasteiger partial charge on any atom is 0.336 e. The predicted octanol–water partition coefficient (Wildman–Crippen LogP) is 2.71. The van der Waals surface area contributed by atoms with E-state index >= 15 is 0 Å². The van der Waals surface area contributed by atoms with Crippen molar-refractivity contribution in [1.82, 2.24) is 4.90 Å². The molecule has 25 heavy (non-hydrogen) atoms. The molecule has 1 atom stereocenters. The second-order valence-electron chi connectivity index (χ2n) is 6.75. The number of aryl methyl sites for hydroxylation is 1. The van der Waals surface area contributed by atoms with Gasteiger partial charge in [-0.25, -0.2) is 4.79 Å². The number of carboxylic acids is 1. The van der Waals surface area contributed by atoms with Crippen LogP contribution in [0.5, 0.6) is 5.75 Å². The second-order valence-corrected chi connectivity index (χ2v) is 6.75. The second kappa shape index (κ2) is 7.25. The third kappa shape index (κ3) is 4.38. The summed E-state index contributed by atoms with van der Waals surface area (Å²) < 4.78 is 5.76. The summed E-state index contributed by atoms with van der Waals surface area (Å²) >= 11 is 0. The summed E-state index contributed by atoms with van der Waals surface area (Å²) in [6.45, 7) is 3.91. The zero-order valence-corrected chi connectivity index (χ0v) is 14.3. The lowest BCUT2D eigenvalue weighted by molar-refractivity contribution is 0.00335. The zero-order valence-electron chi connectivity index (χ0n) is 14.3. The summed E-state index contributed by atoms with van der Waals surface area (Å²) in [5, 5.41) is 20.1. The Kier molecular flexibility index (Phi) is 5.06. The van der Waals surface area contributed by atoms with Crippen LogP contribution in [0.3, 0.4) is 0 Å². The van der Waals surface area contributed by atoms with Gasteiger partial charge >= 0.3 is 5.97 Å². The summed E-state index contributed by atoms with van der Waals surface area (Å²) in [5.74, 6) is -0.170. The number of benzene rings is 2. The number of carbonyl (C=O) groups is 1. The van der Waals surface area contributed by atoms with Gasteiger partial charge in [-0.3, -0.25) is 4.90 Å². The fraction of sp³-hybridized carbons (Fsp3) is 0.350. The van der Waals surface area contributed by atoms with E-state index in [4.69, 9.17) is 4.74 Å². The van der Waals surface area contributed by atoms with Gasteiger partial charge in [0.2, 0.25) is 0 Å². The van der Waals surface area contributed by atoms with Gasteiger partial charge in [0.15, 0.2) is 0 Å². The molecule has 2 aromatic rings. The van der Waals surface area contributed by atoms with Crippen molar-refractivity contribution < 1.29 is 19.7 Å². The highest BCUT2D eigenvalue weighted by Gasteiger charge is 2.37. The standard InChI is InChI=1S/C20H23NO4/c1-15-5-4-7-17(11-15)25-14-20(24)9-10-21(13-20)12-16-6-2-3-8-18(16)19(22)23/h2-8,11,24H,9-10,12-14H2,1H3,(H,22,23). The Bertz CT molecular complexity index is 761. The maximum atomic E-state index is 11.3. The number of likely N-dealkylation sites (tertiary alicyclic amines) is 1. The molecule has 2 aromatic carbocycles. The van der Waals surface area contributed by atoms with Crippen LogP contribution < -0.4 is 4.74 Å². The molecule has 0 radical (unpaired) electrons. The fourth-order valence-corrected chi connectivity index (χ4v) is 3.22. The van der Waals surface area contributed by atoms with E-state index in [0.717, 1.165) is 16.9 Å². The molecule has 2 N–H and O–H groups in total. The topological polar surface area (TPSA) is 70.0 Å². The molecule has 132 valence electrons. The van der Waals surface area contributed by atoms with E-state index in [9.17, 15) is 15.0 Å². The van der Waals surface area contributed by atoms with Crippen LogP contribution in [0.2, 0.25) is 0 Å². The lowest BCUT2D eigenvalue weighted by Gasteiger charge is -2.24. The van der Waals surface area contributed by atoms with Crippen molar-refractivity contribution in [3.63, 3.8) is 0 Å². The number of hydrogen-bond donors (Lipinski definition) is 2. The van der Waals surface area contributed by atoms with E-state index in [1.165, 1.54) is 0 Å². The van der Waals surface area contributed by atoms with Gasteiger partial charge in [0, 0.05) is 19.6 Å². The number of rotatable bonds is 6. The maximum absolute atomic E-state index is 11.3. The molecule has 5 heteroatoms. The smallest absolute Gasteiger partial charge is 0.336 e. The van der Waals surface area contributed by atoms with Gasteiger partial charge in [0.1, 0.15) is 18.0 Å². The summed E-state index contributed by atoms with van der Waals surface area (Å²) in [6, 6.07) is 14.8. The zero-order chi connectivity index (χ0) is 17.9. The molecular formula is C20H23NO4. The third-order valence-electron chi connectivity index (χ3n) is 4.55. The summed E-state index contributed by atoms with van der Waals surface area (Å²) in [7, 11) is 0. The number of nitrogens with zero attached hydrogens (tertiary/aromatic N) is 1. The van der Waals surface area contributed by atoms with Crippen LogP contribution in [0.15, 0.2) is 48.5 Å². The SMILES string of the molecule is Cc1cccc(OCC2(O)CCN(Cc3ccccc3C(=O)O)C2)c1. The number of β-amino-alcohol motifs (C(OH)–C–C–N with tert-alkyl or cyclic N) is 1. The Morgan fingerprint density at radius 1 is 1.24 bits per heavy atom. The van der Waals surface area contributed by atoms with Crippen LogP contribution in [0.25, 0.3) is 0 Å². The highest BCUT2D eigenvalue weighted by molar-refractivity contribution is 5.89. The third-order valence-corrected chi connectivity index (χ3v) is 4.55. The molecule has 0 spiro atoms. The quantitative estimate of drug-likeness (QED) is 0.845. The van der Waals surface area contributed by atoms with Crippen molar-refractivity contribution in [2.24, 2.45) is 0 Å². The monoisotopic (exact) mass is 341 g/mol. The van der Waals surface area contributed by atoms with Gasteiger partial charge in [-0.05, 0) is 42.7 Å². The molecule has 1 fully saturated rings. The normalized spacial score (nSPS) is 20.6. The van der Waals surface area contributed by atoms with E-state index < -0.39 is 11.6 Å². The van der Waals surface area contributed by atoms with Crippen molar-refractivity contribution in [2.45, 2.75) is 25.5 Å². The van der Waals surface area contributed by atoms with Gasteiger partial charge in [0.05, 0.1) is 5.56 Å². The highest BCUT2D eigenvalue weighted by Crippen LogP contribution is 2.25. The van der Waals surface area contributed by atoms with E-state index in [2.05, 4.69) is 4.90 Å². The van der Waals surface area contributed by atoms with Crippen LogP contribution in [0.4, 0.5) is 0 Å². The Morgan fingerprint density at radius 3 is 2.80 bits per heavy atom. The Morgan fingerprint density at radius 2 is 2.04 bits per heavy atom. The van der Waals surface area contributed by atoms with Crippen LogP contribution in [-0.2, 0) is 6.54 Å². The van der Waals surface area contributed by atoms with Crippen molar-refractivity contribution >= 4 is 5.97 Å². The van der Waals surface area contributed by atoms with E-state index in [0.29, 0.717) is 31.6 Å². The molecule has 0 amide bonds. The van der Waals surface area contributed by atoms with E-state index in [-0.39, 0.29) is 6.61 Å². The number of aliphatic hydroxyl groups is 1. The van der Waals surface area contributed by atoms with Crippen molar-refractivity contribution in [2.75, 3.05) is 19.7 Å². The average molecular weight is 341 g/mol. The molecule has 5 nitrogen and oxygen atoms in total. The lowest BCUT2D eigenvalue weighted by Crippen LogP contribution is -2.39.